The second-order valence-electron chi connectivity index (χ2n) is 3.57. The summed E-state index contributed by atoms with van der Waals surface area (Å²) in [5, 5.41) is 7.77. The molecule has 2 rings (SSSR count). The van der Waals surface area contributed by atoms with E-state index in [1.807, 2.05) is 12.1 Å². The molecule has 1 aromatic carbocycles. The maximum absolute atomic E-state index is 5.66. The molecule has 0 aliphatic heterocycles. The van der Waals surface area contributed by atoms with Crippen LogP contribution in [0, 0.1) is 6.92 Å². The Balaban J connectivity index is 1.63. The first kappa shape index (κ1) is 12.4. The van der Waals surface area contributed by atoms with Crippen LogP contribution in [0.1, 0.15) is 12.0 Å². The smallest absolute Gasteiger partial charge is 0.174 e. The Morgan fingerprint density at radius 3 is 3.12 bits per heavy atom. The zero-order chi connectivity index (χ0) is 11.9. The van der Waals surface area contributed by atoms with Gasteiger partial charge in [-0.25, -0.2) is 0 Å². The highest BCUT2D eigenvalue weighted by Gasteiger charge is 1.98. The molecule has 5 heteroatoms. The molecule has 0 saturated carbocycles. The van der Waals surface area contributed by atoms with Crippen molar-refractivity contribution in [2.75, 3.05) is 12.4 Å². The number of ether oxygens (including phenoxy) is 1. The third kappa shape index (κ3) is 4.36. The molecule has 0 atom stereocenters. The Hall–Kier alpha value is -1.07. The van der Waals surface area contributed by atoms with Crippen molar-refractivity contribution in [2.24, 2.45) is 0 Å². The molecule has 2 aromatic rings. The molecule has 0 unspecified atom stereocenters. The standard InChI is InChI=1S/C12H14N2OS2/c1-10-4-2-5-11(8-10)15-6-3-7-16-12-14-13-9-17-12/h2,4-5,8-9H,3,6-7H2,1H3. The summed E-state index contributed by atoms with van der Waals surface area (Å²) in [7, 11) is 0. The normalized spacial score (nSPS) is 10.4. The molecular weight excluding hydrogens is 252 g/mol. The van der Waals surface area contributed by atoms with E-state index < -0.39 is 0 Å². The zero-order valence-corrected chi connectivity index (χ0v) is 11.3. The first-order valence-corrected chi connectivity index (χ1v) is 7.29. The number of aromatic nitrogens is 2. The number of rotatable bonds is 6. The van der Waals surface area contributed by atoms with Gasteiger partial charge in [-0.05, 0) is 31.0 Å². The summed E-state index contributed by atoms with van der Waals surface area (Å²) in [4.78, 5) is 0. The van der Waals surface area contributed by atoms with Crippen LogP contribution in [0.4, 0.5) is 0 Å². The van der Waals surface area contributed by atoms with E-state index in [4.69, 9.17) is 4.74 Å². The van der Waals surface area contributed by atoms with E-state index in [1.165, 1.54) is 5.56 Å². The van der Waals surface area contributed by atoms with Crippen LogP contribution in [-0.4, -0.2) is 22.6 Å². The number of hydrogen-bond acceptors (Lipinski definition) is 5. The van der Waals surface area contributed by atoms with E-state index >= 15 is 0 Å². The molecule has 0 radical (unpaired) electrons. The van der Waals surface area contributed by atoms with E-state index in [1.54, 1.807) is 28.6 Å². The Kier molecular flexibility index (Phi) is 4.82. The summed E-state index contributed by atoms with van der Waals surface area (Å²) in [6.07, 6.45) is 1.01. The maximum atomic E-state index is 5.66. The van der Waals surface area contributed by atoms with Gasteiger partial charge in [0, 0.05) is 5.75 Å². The number of hydrogen-bond donors (Lipinski definition) is 0. The van der Waals surface area contributed by atoms with Crippen LogP contribution in [0.5, 0.6) is 5.75 Å². The summed E-state index contributed by atoms with van der Waals surface area (Å²) in [6, 6.07) is 8.13. The van der Waals surface area contributed by atoms with Crippen LogP contribution < -0.4 is 4.74 Å². The maximum Gasteiger partial charge on any atom is 0.174 e. The highest BCUT2D eigenvalue weighted by Crippen LogP contribution is 2.19. The highest BCUT2D eigenvalue weighted by atomic mass is 32.2. The molecule has 0 spiro atoms. The Morgan fingerprint density at radius 1 is 1.41 bits per heavy atom. The van der Waals surface area contributed by atoms with Crippen molar-refractivity contribution in [2.45, 2.75) is 17.7 Å². The molecule has 90 valence electrons. The van der Waals surface area contributed by atoms with Gasteiger partial charge in [0.25, 0.3) is 0 Å². The Morgan fingerprint density at radius 2 is 2.35 bits per heavy atom. The number of aryl methyl sites for hydroxylation is 1. The van der Waals surface area contributed by atoms with E-state index in [2.05, 4.69) is 29.3 Å². The topological polar surface area (TPSA) is 35.0 Å². The van der Waals surface area contributed by atoms with Crippen LogP contribution in [-0.2, 0) is 0 Å². The van der Waals surface area contributed by atoms with Gasteiger partial charge in [0.05, 0.1) is 6.61 Å². The minimum Gasteiger partial charge on any atom is -0.494 e. The predicted molar refractivity (Wildman–Crippen MR) is 71.9 cm³/mol. The van der Waals surface area contributed by atoms with Gasteiger partial charge in [-0.15, -0.1) is 10.2 Å². The second-order valence-corrected chi connectivity index (χ2v) is 5.75. The molecule has 0 aliphatic carbocycles. The summed E-state index contributed by atoms with van der Waals surface area (Å²) in [5.74, 6) is 1.96. The van der Waals surface area contributed by atoms with Gasteiger partial charge in [0.2, 0.25) is 0 Å². The van der Waals surface area contributed by atoms with Gasteiger partial charge >= 0.3 is 0 Å². The van der Waals surface area contributed by atoms with Gasteiger partial charge in [-0.2, -0.15) is 0 Å². The van der Waals surface area contributed by atoms with Gasteiger partial charge in [0.15, 0.2) is 4.34 Å². The molecule has 0 amide bonds. The van der Waals surface area contributed by atoms with Crippen molar-refractivity contribution in [1.82, 2.24) is 10.2 Å². The van der Waals surface area contributed by atoms with E-state index in [0.717, 1.165) is 28.9 Å². The number of nitrogens with zero attached hydrogens (tertiary/aromatic N) is 2. The molecule has 1 heterocycles. The van der Waals surface area contributed by atoms with Crippen LogP contribution in [0.25, 0.3) is 0 Å². The molecule has 0 saturated heterocycles. The monoisotopic (exact) mass is 266 g/mol. The lowest BCUT2D eigenvalue weighted by Crippen LogP contribution is -1.98. The van der Waals surface area contributed by atoms with Crippen molar-refractivity contribution in [3.63, 3.8) is 0 Å². The lowest BCUT2D eigenvalue weighted by Gasteiger charge is -2.05. The van der Waals surface area contributed by atoms with Crippen LogP contribution in [0.15, 0.2) is 34.1 Å². The molecule has 0 fully saturated rings. The molecule has 3 nitrogen and oxygen atoms in total. The lowest BCUT2D eigenvalue weighted by molar-refractivity contribution is 0.318. The summed E-state index contributed by atoms with van der Waals surface area (Å²) >= 11 is 3.31. The minimum absolute atomic E-state index is 0.745. The molecule has 1 aromatic heterocycles. The average Bonchev–Trinajstić information content (AvgIpc) is 2.82. The van der Waals surface area contributed by atoms with Crippen LogP contribution >= 0.6 is 23.1 Å². The zero-order valence-electron chi connectivity index (χ0n) is 9.63. The van der Waals surface area contributed by atoms with E-state index in [0.29, 0.717) is 0 Å². The molecule has 0 bridgehead atoms. The Labute approximate surface area is 109 Å². The number of thioether (sulfide) groups is 1. The molecule has 0 N–H and O–H groups in total. The third-order valence-corrected chi connectivity index (χ3v) is 4.06. The van der Waals surface area contributed by atoms with Crippen molar-refractivity contribution in [3.05, 3.63) is 35.3 Å². The predicted octanol–water partition coefficient (Wildman–Crippen LogP) is 3.41. The second kappa shape index (κ2) is 6.61. The van der Waals surface area contributed by atoms with E-state index in [-0.39, 0.29) is 0 Å². The first-order chi connectivity index (χ1) is 8.34. The summed E-state index contributed by atoms with van der Waals surface area (Å²) in [5.41, 5.74) is 2.98. The average molecular weight is 266 g/mol. The first-order valence-electron chi connectivity index (χ1n) is 5.43. The summed E-state index contributed by atoms with van der Waals surface area (Å²) in [6.45, 7) is 2.81. The van der Waals surface area contributed by atoms with Crippen molar-refractivity contribution in [3.8, 4) is 5.75 Å². The summed E-state index contributed by atoms with van der Waals surface area (Å²) < 4.78 is 6.69. The van der Waals surface area contributed by atoms with Gasteiger partial charge in [0.1, 0.15) is 11.3 Å². The minimum atomic E-state index is 0.745. The molecule has 17 heavy (non-hydrogen) atoms. The van der Waals surface area contributed by atoms with Crippen LogP contribution in [0.2, 0.25) is 0 Å². The SMILES string of the molecule is Cc1cccc(OCCCSc2nncs2)c1. The highest BCUT2D eigenvalue weighted by molar-refractivity contribution is 8.00. The van der Waals surface area contributed by atoms with Gasteiger partial charge < -0.3 is 4.74 Å². The molecule has 0 aliphatic rings. The fourth-order valence-corrected chi connectivity index (χ4v) is 2.81. The number of benzene rings is 1. The Bertz CT molecular complexity index is 446. The fraction of sp³-hybridized carbons (Fsp3) is 0.333. The van der Waals surface area contributed by atoms with Crippen molar-refractivity contribution >= 4 is 23.1 Å². The van der Waals surface area contributed by atoms with Gasteiger partial charge in [-0.3, -0.25) is 0 Å². The fourth-order valence-electron chi connectivity index (χ4n) is 1.34. The lowest BCUT2D eigenvalue weighted by atomic mass is 10.2. The quantitative estimate of drug-likeness (QED) is 0.593. The van der Waals surface area contributed by atoms with Crippen molar-refractivity contribution in [1.29, 1.82) is 0 Å². The largest absolute Gasteiger partial charge is 0.494 e. The molecular formula is C12H14N2OS2. The van der Waals surface area contributed by atoms with Crippen LogP contribution in [0.3, 0.4) is 0 Å². The van der Waals surface area contributed by atoms with E-state index in [9.17, 15) is 0 Å². The van der Waals surface area contributed by atoms with Crippen molar-refractivity contribution < 1.29 is 4.74 Å². The third-order valence-electron chi connectivity index (χ3n) is 2.11. The van der Waals surface area contributed by atoms with Gasteiger partial charge in [-0.1, -0.05) is 35.2 Å².